The molecule has 2 rings (SSSR count). The van der Waals surface area contributed by atoms with Gasteiger partial charge in [-0.3, -0.25) is 4.90 Å². The van der Waals surface area contributed by atoms with Crippen molar-refractivity contribution in [2.45, 2.75) is 77.4 Å². The normalized spacial score (nSPS) is 40.4. The SMILES string of the molecule is CCC1CN(C2CCCCC2CC)C(C)CN1. The molecule has 1 saturated carbocycles. The minimum Gasteiger partial charge on any atom is -0.311 e. The van der Waals surface area contributed by atoms with Crippen LogP contribution in [0.1, 0.15) is 59.3 Å². The molecule has 4 unspecified atom stereocenters. The van der Waals surface area contributed by atoms with E-state index in [0.29, 0.717) is 0 Å². The fourth-order valence-corrected chi connectivity index (χ4v) is 3.79. The highest BCUT2D eigenvalue weighted by atomic mass is 15.3. The molecule has 0 aromatic carbocycles. The van der Waals surface area contributed by atoms with Gasteiger partial charge in [-0.2, -0.15) is 0 Å². The Hall–Kier alpha value is -0.0800. The molecule has 0 aromatic rings. The predicted molar refractivity (Wildman–Crippen MR) is 74.3 cm³/mol. The number of hydrogen-bond donors (Lipinski definition) is 1. The summed E-state index contributed by atoms with van der Waals surface area (Å²) in [4.78, 5) is 2.83. The smallest absolute Gasteiger partial charge is 0.0196 e. The Morgan fingerprint density at radius 3 is 2.59 bits per heavy atom. The Morgan fingerprint density at radius 2 is 1.88 bits per heavy atom. The van der Waals surface area contributed by atoms with Crippen molar-refractivity contribution in [3.05, 3.63) is 0 Å². The summed E-state index contributed by atoms with van der Waals surface area (Å²) < 4.78 is 0. The molecule has 17 heavy (non-hydrogen) atoms. The molecule has 1 aliphatic heterocycles. The van der Waals surface area contributed by atoms with Crippen LogP contribution in [0.3, 0.4) is 0 Å². The van der Waals surface area contributed by atoms with E-state index in [1.54, 1.807) is 0 Å². The molecule has 100 valence electrons. The molecule has 1 N–H and O–H groups in total. The zero-order valence-electron chi connectivity index (χ0n) is 11.9. The summed E-state index contributed by atoms with van der Waals surface area (Å²) in [7, 11) is 0. The zero-order chi connectivity index (χ0) is 12.3. The van der Waals surface area contributed by atoms with Crippen LogP contribution >= 0.6 is 0 Å². The molecule has 2 nitrogen and oxygen atoms in total. The van der Waals surface area contributed by atoms with Gasteiger partial charge < -0.3 is 5.32 Å². The lowest BCUT2D eigenvalue weighted by Gasteiger charge is -2.47. The Bertz CT molecular complexity index is 229. The quantitative estimate of drug-likeness (QED) is 0.813. The summed E-state index contributed by atoms with van der Waals surface area (Å²) in [5, 5.41) is 3.68. The molecule has 2 fully saturated rings. The van der Waals surface area contributed by atoms with Crippen LogP contribution in [0.25, 0.3) is 0 Å². The molecule has 0 amide bonds. The predicted octanol–water partition coefficient (Wildman–Crippen LogP) is 3.03. The van der Waals surface area contributed by atoms with E-state index in [9.17, 15) is 0 Å². The summed E-state index contributed by atoms with van der Waals surface area (Å²) in [5.41, 5.74) is 0. The Labute approximate surface area is 107 Å². The maximum absolute atomic E-state index is 3.68. The van der Waals surface area contributed by atoms with Crippen LogP contribution in [-0.4, -0.2) is 36.1 Å². The van der Waals surface area contributed by atoms with Crippen molar-refractivity contribution in [3.8, 4) is 0 Å². The number of piperazine rings is 1. The summed E-state index contributed by atoms with van der Waals surface area (Å²) in [6.07, 6.45) is 8.47. The van der Waals surface area contributed by atoms with E-state index in [2.05, 4.69) is 31.0 Å². The van der Waals surface area contributed by atoms with Crippen molar-refractivity contribution in [1.82, 2.24) is 10.2 Å². The van der Waals surface area contributed by atoms with Crippen molar-refractivity contribution in [2.75, 3.05) is 13.1 Å². The lowest BCUT2D eigenvalue weighted by atomic mass is 9.81. The Balaban J connectivity index is 2.01. The molecule has 4 atom stereocenters. The number of nitrogens with one attached hydrogen (secondary N) is 1. The van der Waals surface area contributed by atoms with Gasteiger partial charge in [0, 0.05) is 31.2 Å². The third kappa shape index (κ3) is 3.03. The summed E-state index contributed by atoms with van der Waals surface area (Å²) in [6, 6.07) is 2.33. The summed E-state index contributed by atoms with van der Waals surface area (Å²) >= 11 is 0. The first kappa shape index (κ1) is 13.4. The van der Waals surface area contributed by atoms with E-state index in [1.165, 1.54) is 51.6 Å². The van der Waals surface area contributed by atoms with E-state index in [-0.39, 0.29) is 0 Å². The highest BCUT2D eigenvalue weighted by Gasteiger charge is 2.34. The Kier molecular flexibility index (Phi) is 4.87. The van der Waals surface area contributed by atoms with Crippen LogP contribution in [0.4, 0.5) is 0 Å². The third-order valence-electron chi connectivity index (χ3n) is 5.01. The Morgan fingerprint density at radius 1 is 1.12 bits per heavy atom. The topological polar surface area (TPSA) is 15.3 Å². The molecule has 0 bridgehead atoms. The monoisotopic (exact) mass is 238 g/mol. The van der Waals surface area contributed by atoms with Crippen LogP contribution in [0.5, 0.6) is 0 Å². The summed E-state index contributed by atoms with van der Waals surface area (Å²) in [6.45, 7) is 9.56. The largest absolute Gasteiger partial charge is 0.311 e. The molecule has 0 aromatic heterocycles. The molecule has 2 heteroatoms. The first-order chi connectivity index (χ1) is 8.26. The second-order valence-electron chi connectivity index (χ2n) is 6.08. The molecule has 0 radical (unpaired) electrons. The molecule has 1 heterocycles. The van der Waals surface area contributed by atoms with E-state index in [4.69, 9.17) is 0 Å². The van der Waals surface area contributed by atoms with Crippen LogP contribution in [0.15, 0.2) is 0 Å². The second kappa shape index (κ2) is 6.19. The highest BCUT2D eigenvalue weighted by Crippen LogP contribution is 2.32. The average molecular weight is 238 g/mol. The van der Waals surface area contributed by atoms with Crippen LogP contribution in [0.2, 0.25) is 0 Å². The number of hydrogen-bond acceptors (Lipinski definition) is 2. The zero-order valence-corrected chi connectivity index (χ0v) is 11.9. The minimum absolute atomic E-state index is 0.727. The maximum atomic E-state index is 3.68. The first-order valence-corrected chi connectivity index (χ1v) is 7.75. The number of nitrogens with zero attached hydrogens (tertiary/aromatic N) is 1. The first-order valence-electron chi connectivity index (χ1n) is 7.75. The van der Waals surface area contributed by atoms with Crippen molar-refractivity contribution in [1.29, 1.82) is 0 Å². The van der Waals surface area contributed by atoms with Crippen molar-refractivity contribution in [3.63, 3.8) is 0 Å². The molecule has 1 aliphatic carbocycles. The lowest BCUT2D eigenvalue weighted by Crippen LogP contribution is -2.60. The highest BCUT2D eigenvalue weighted by molar-refractivity contribution is 4.91. The van der Waals surface area contributed by atoms with Gasteiger partial charge in [-0.15, -0.1) is 0 Å². The van der Waals surface area contributed by atoms with Crippen LogP contribution < -0.4 is 5.32 Å². The van der Waals surface area contributed by atoms with Crippen molar-refractivity contribution in [2.24, 2.45) is 5.92 Å². The van der Waals surface area contributed by atoms with E-state index >= 15 is 0 Å². The van der Waals surface area contributed by atoms with E-state index in [0.717, 1.165) is 24.0 Å². The third-order valence-corrected chi connectivity index (χ3v) is 5.01. The molecular weight excluding hydrogens is 208 g/mol. The molecule has 0 spiro atoms. The van der Waals surface area contributed by atoms with Gasteiger partial charge in [0.2, 0.25) is 0 Å². The molecule has 2 aliphatic rings. The fraction of sp³-hybridized carbons (Fsp3) is 1.00. The van der Waals surface area contributed by atoms with Gasteiger partial charge in [0.1, 0.15) is 0 Å². The standard InChI is InChI=1S/C15H30N2/c1-4-13-8-6-7-9-15(13)17-11-14(5-2)16-10-12(17)3/h12-16H,4-11H2,1-3H3. The maximum Gasteiger partial charge on any atom is 0.0196 e. The minimum atomic E-state index is 0.727. The van der Waals surface area contributed by atoms with E-state index < -0.39 is 0 Å². The van der Waals surface area contributed by atoms with Gasteiger partial charge in [0.15, 0.2) is 0 Å². The van der Waals surface area contributed by atoms with Crippen molar-refractivity contribution >= 4 is 0 Å². The van der Waals surface area contributed by atoms with Gasteiger partial charge in [-0.05, 0) is 32.1 Å². The van der Waals surface area contributed by atoms with Gasteiger partial charge in [0.25, 0.3) is 0 Å². The molecule has 1 saturated heterocycles. The average Bonchev–Trinajstić information content (AvgIpc) is 2.39. The van der Waals surface area contributed by atoms with Gasteiger partial charge in [0.05, 0.1) is 0 Å². The van der Waals surface area contributed by atoms with Crippen molar-refractivity contribution < 1.29 is 0 Å². The lowest BCUT2D eigenvalue weighted by molar-refractivity contribution is 0.0354. The molecular formula is C15H30N2. The van der Waals surface area contributed by atoms with E-state index in [1.807, 2.05) is 0 Å². The van der Waals surface area contributed by atoms with Gasteiger partial charge in [-0.1, -0.05) is 33.1 Å². The van der Waals surface area contributed by atoms with Gasteiger partial charge in [-0.25, -0.2) is 0 Å². The van der Waals surface area contributed by atoms with Gasteiger partial charge >= 0.3 is 0 Å². The fourth-order valence-electron chi connectivity index (χ4n) is 3.79. The van der Waals surface area contributed by atoms with Crippen LogP contribution in [0, 0.1) is 5.92 Å². The number of rotatable bonds is 3. The summed E-state index contributed by atoms with van der Waals surface area (Å²) in [5.74, 6) is 0.960. The second-order valence-corrected chi connectivity index (χ2v) is 6.08. The van der Waals surface area contributed by atoms with Crippen LogP contribution in [-0.2, 0) is 0 Å².